The van der Waals surface area contributed by atoms with Crippen LogP contribution < -0.4 is 23.8 Å². The lowest BCUT2D eigenvalue weighted by molar-refractivity contribution is -0.122. The topological polar surface area (TPSA) is 120 Å². The maximum absolute atomic E-state index is 14.2. The summed E-state index contributed by atoms with van der Waals surface area (Å²) in [5.74, 6) is -1.37. The summed E-state index contributed by atoms with van der Waals surface area (Å²) in [6.07, 6.45) is 0.0272. The number of alkyl halides is 2. The van der Waals surface area contributed by atoms with Crippen molar-refractivity contribution < 1.29 is 50.1 Å². The molecule has 0 saturated heterocycles. The van der Waals surface area contributed by atoms with Gasteiger partial charge in [0.15, 0.2) is 0 Å². The fourth-order valence-corrected chi connectivity index (χ4v) is 7.07. The van der Waals surface area contributed by atoms with Crippen molar-refractivity contribution in [3.63, 3.8) is 0 Å². The van der Waals surface area contributed by atoms with Crippen LogP contribution in [0.5, 0.6) is 17.2 Å². The summed E-state index contributed by atoms with van der Waals surface area (Å²) in [5, 5.41) is 2.74. The zero-order valence-electron chi connectivity index (χ0n) is 27.6. The Morgan fingerprint density at radius 2 is 1.66 bits per heavy atom. The van der Waals surface area contributed by atoms with Crippen LogP contribution in [0.4, 0.5) is 18.9 Å². The van der Waals surface area contributed by atoms with Gasteiger partial charge in [0.25, 0.3) is 10.0 Å². The lowest BCUT2D eigenvalue weighted by Crippen LogP contribution is -2.48. The van der Waals surface area contributed by atoms with E-state index in [1.807, 2.05) is 0 Å². The number of ether oxygens (including phenoxy) is 4. The van der Waals surface area contributed by atoms with Gasteiger partial charge in [-0.05, 0) is 87.0 Å². The summed E-state index contributed by atoms with van der Waals surface area (Å²) in [6.45, 7) is 2.21. The highest BCUT2D eigenvalue weighted by molar-refractivity contribution is 7.93. The molecule has 1 unspecified atom stereocenters. The molecule has 0 bridgehead atoms. The summed E-state index contributed by atoms with van der Waals surface area (Å²) in [7, 11) is -2.92. The molecule has 5 rings (SSSR count). The number of fused-ring (bicyclic) bond motifs is 1. The van der Waals surface area contributed by atoms with Crippen molar-refractivity contribution in [2.24, 2.45) is 0 Å². The number of carbonyl (C=O) groups excluding carboxylic acids is 2. The number of hydrogen-bond acceptors (Lipinski definition) is 8. The maximum Gasteiger partial charge on any atom is 0.387 e. The number of hydrogen-bond donors (Lipinski definition) is 1. The Hall–Kier alpha value is -5.24. The van der Waals surface area contributed by atoms with E-state index >= 15 is 0 Å². The number of anilines is 1. The predicted octanol–water partition coefficient (Wildman–Crippen LogP) is 6.37. The largest absolute Gasteiger partial charge is 0.496 e. The average molecular weight is 713 g/mol. The summed E-state index contributed by atoms with van der Waals surface area (Å²) >= 11 is 0. The molecule has 0 saturated carbocycles. The van der Waals surface area contributed by atoms with E-state index in [9.17, 15) is 31.2 Å². The van der Waals surface area contributed by atoms with Crippen LogP contribution >= 0.6 is 0 Å². The number of rotatable bonds is 12. The minimum Gasteiger partial charge on any atom is -0.496 e. The first kappa shape index (κ1) is 36.1. The predicted molar refractivity (Wildman–Crippen MR) is 179 cm³/mol. The second-order valence-corrected chi connectivity index (χ2v) is 14.0. The maximum atomic E-state index is 14.2. The molecule has 1 amide bonds. The van der Waals surface area contributed by atoms with E-state index in [4.69, 9.17) is 14.2 Å². The Bertz CT molecular complexity index is 1970. The highest BCUT2D eigenvalue weighted by Crippen LogP contribution is 2.42. The lowest BCUT2D eigenvalue weighted by atomic mass is 10.0. The third-order valence-electron chi connectivity index (χ3n) is 7.59. The molecule has 0 spiro atoms. The molecule has 1 aliphatic rings. The second kappa shape index (κ2) is 14.7. The molecule has 0 aromatic heterocycles. The van der Waals surface area contributed by atoms with Crippen molar-refractivity contribution in [2.75, 3.05) is 24.6 Å². The first-order chi connectivity index (χ1) is 23.7. The van der Waals surface area contributed by atoms with Crippen LogP contribution in [-0.4, -0.2) is 58.8 Å². The molecule has 1 atom stereocenters. The van der Waals surface area contributed by atoms with Crippen molar-refractivity contribution in [3.05, 3.63) is 102 Å². The van der Waals surface area contributed by atoms with Gasteiger partial charge in [0, 0.05) is 23.6 Å². The molecule has 0 radical (unpaired) electrons. The SMILES string of the molecule is COc1cccc2c1CC(C(=O)NCCOc1ccc(C(=O)OC(C)(C)C)cc1)N2S(=O)(=O)c1ccc(-c2ccc(F)cc2OC(F)F)cc1. The standard InChI is InChI=1S/C36H35F3N2O8S/c1-36(2,3)49-34(43)23-8-13-25(14-9-23)47-19-18-40-33(42)30-21-28-29(6-5-7-31(28)46-4)41(30)50(44,45)26-15-10-22(11-16-26)27-17-12-24(37)20-32(27)48-35(38)39/h5-17,20,30,35H,18-19,21H2,1-4H3,(H,40,42). The van der Waals surface area contributed by atoms with Gasteiger partial charge in [-0.25, -0.2) is 17.6 Å². The lowest BCUT2D eigenvalue weighted by Gasteiger charge is -2.26. The van der Waals surface area contributed by atoms with E-state index in [0.717, 1.165) is 16.4 Å². The van der Waals surface area contributed by atoms with Crippen molar-refractivity contribution in [3.8, 4) is 28.4 Å². The van der Waals surface area contributed by atoms with Crippen molar-refractivity contribution in [1.29, 1.82) is 0 Å². The molecule has 1 N–H and O–H groups in total. The van der Waals surface area contributed by atoms with E-state index in [1.165, 1.54) is 37.4 Å². The molecule has 4 aromatic carbocycles. The molecule has 14 heteroatoms. The zero-order valence-corrected chi connectivity index (χ0v) is 28.4. The quantitative estimate of drug-likeness (QED) is 0.133. The monoisotopic (exact) mass is 712 g/mol. The summed E-state index contributed by atoms with van der Waals surface area (Å²) in [6, 6.07) is 18.5. The number of carbonyl (C=O) groups is 2. The molecule has 264 valence electrons. The van der Waals surface area contributed by atoms with Crippen LogP contribution in [0.15, 0.2) is 89.8 Å². The summed E-state index contributed by atoms with van der Waals surface area (Å²) in [5.41, 5.74) is 0.940. The van der Waals surface area contributed by atoms with Crippen LogP contribution in [-0.2, 0) is 26.0 Å². The number of nitrogens with one attached hydrogen (secondary N) is 1. The van der Waals surface area contributed by atoms with E-state index < -0.39 is 51.7 Å². The zero-order chi connectivity index (χ0) is 36.2. The number of esters is 1. The van der Waals surface area contributed by atoms with Gasteiger partial charge in [-0.2, -0.15) is 8.78 Å². The number of methoxy groups -OCH3 is 1. The highest BCUT2D eigenvalue weighted by atomic mass is 32.2. The van der Waals surface area contributed by atoms with Gasteiger partial charge in [-0.3, -0.25) is 9.10 Å². The highest BCUT2D eigenvalue weighted by Gasteiger charge is 2.43. The van der Waals surface area contributed by atoms with Crippen LogP contribution in [0.1, 0.15) is 36.7 Å². The normalized spacial score (nSPS) is 14.2. The van der Waals surface area contributed by atoms with Crippen molar-refractivity contribution in [1.82, 2.24) is 5.32 Å². The van der Waals surface area contributed by atoms with Crippen LogP contribution in [0.2, 0.25) is 0 Å². The smallest absolute Gasteiger partial charge is 0.387 e. The van der Waals surface area contributed by atoms with E-state index in [-0.39, 0.29) is 35.7 Å². The molecule has 0 fully saturated rings. The minimum atomic E-state index is -4.37. The molecule has 0 aliphatic carbocycles. The Morgan fingerprint density at radius 3 is 2.30 bits per heavy atom. The Balaban J connectivity index is 1.32. The van der Waals surface area contributed by atoms with Gasteiger partial charge in [0.1, 0.15) is 41.3 Å². The molecule has 10 nitrogen and oxygen atoms in total. The van der Waals surface area contributed by atoms with Gasteiger partial charge in [0.05, 0.1) is 29.8 Å². The molecule has 4 aromatic rings. The van der Waals surface area contributed by atoms with Gasteiger partial charge < -0.3 is 24.3 Å². The third kappa shape index (κ3) is 8.13. The number of amides is 1. The van der Waals surface area contributed by atoms with Crippen LogP contribution in [0.25, 0.3) is 11.1 Å². The molecule has 1 heterocycles. The fourth-order valence-electron chi connectivity index (χ4n) is 5.43. The van der Waals surface area contributed by atoms with Crippen LogP contribution in [0, 0.1) is 5.82 Å². The van der Waals surface area contributed by atoms with Crippen molar-refractivity contribution >= 4 is 27.6 Å². The number of benzene rings is 4. The second-order valence-electron chi connectivity index (χ2n) is 12.2. The molecule has 50 heavy (non-hydrogen) atoms. The summed E-state index contributed by atoms with van der Waals surface area (Å²) in [4.78, 5) is 25.7. The number of nitrogens with zero attached hydrogens (tertiary/aromatic N) is 1. The number of sulfonamides is 1. The molecule has 1 aliphatic heterocycles. The Labute approximate surface area is 287 Å². The van der Waals surface area contributed by atoms with Crippen LogP contribution in [0.3, 0.4) is 0 Å². The van der Waals surface area contributed by atoms with E-state index in [1.54, 1.807) is 63.2 Å². The number of halogens is 3. The van der Waals surface area contributed by atoms with Gasteiger partial charge in [0.2, 0.25) is 5.91 Å². The Kier molecular flexibility index (Phi) is 10.6. The van der Waals surface area contributed by atoms with E-state index in [2.05, 4.69) is 10.1 Å². The average Bonchev–Trinajstić information content (AvgIpc) is 3.47. The summed E-state index contributed by atoms with van der Waals surface area (Å²) < 4.78 is 90.1. The molecular formula is C36H35F3N2O8S. The minimum absolute atomic E-state index is 0.0272. The van der Waals surface area contributed by atoms with E-state index in [0.29, 0.717) is 28.2 Å². The first-order valence-corrected chi connectivity index (χ1v) is 16.9. The van der Waals surface area contributed by atoms with Gasteiger partial charge in [-0.15, -0.1) is 0 Å². The Morgan fingerprint density at radius 1 is 0.960 bits per heavy atom. The molecular weight excluding hydrogens is 677 g/mol. The van der Waals surface area contributed by atoms with Gasteiger partial charge >= 0.3 is 12.6 Å². The third-order valence-corrected chi connectivity index (χ3v) is 9.43. The fraction of sp³-hybridized carbons (Fsp3) is 0.278. The van der Waals surface area contributed by atoms with Crippen molar-refractivity contribution in [2.45, 2.75) is 50.3 Å². The first-order valence-electron chi connectivity index (χ1n) is 15.5. The van der Waals surface area contributed by atoms with Gasteiger partial charge in [-0.1, -0.05) is 18.2 Å².